The summed E-state index contributed by atoms with van der Waals surface area (Å²) in [5.41, 5.74) is 2.84. The molecule has 168 valence electrons. The van der Waals surface area contributed by atoms with E-state index in [0.717, 1.165) is 42.8 Å². The van der Waals surface area contributed by atoms with Gasteiger partial charge in [-0.05, 0) is 67.6 Å². The van der Waals surface area contributed by atoms with Gasteiger partial charge in [0.15, 0.2) is 0 Å². The van der Waals surface area contributed by atoms with E-state index in [4.69, 9.17) is 4.74 Å². The van der Waals surface area contributed by atoms with Crippen LogP contribution in [0.25, 0.3) is 0 Å². The summed E-state index contributed by atoms with van der Waals surface area (Å²) in [5.74, 6) is 3.98. The zero-order chi connectivity index (χ0) is 22.3. The van der Waals surface area contributed by atoms with Crippen molar-refractivity contribution < 1.29 is 4.74 Å². The number of terminal acetylenes is 1. The Morgan fingerprint density at radius 2 is 1.87 bits per heavy atom. The first kappa shape index (κ1) is 25.7. The van der Waals surface area contributed by atoms with Crippen LogP contribution >= 0.6 is 24.4 Å². The van der Waals surface area contributed by atoms with Gasteiger partial charge in [-0.2, -0.15) is 12.6 Å². The minimum Gasteiger partial charge on any atom is -0.497 e. The second kappa shape index (κ2) is 15.3. The number of likely N-dealkylation sites (tertiary alicyclic amines) is 1. The smallest absolute Gasteiger partial charge is 0.119 e. The average Bonchev–Trinajstić information content (AvgIpc) is 3.08. The first-order valence-electron chi connectivity index (χ1n) is 11.0. The van der Waals surface area contributed by atoms with Crippen LogP contribution in [-0.2, 0) is 13.0 Å². The molecule has 1 N–H and O–H groups in total. The number of nitrogens with zero attached hydrogens (tertiary/aromatic N) is 1. The number of piperidine rings is 1. The quantitative estimate of drug-likeness (QED) is 0.488. The molecule has 2 aromatic carbocycles. The van der Waals surface area contributed by atoms with Crippen molar-refractivity contribution in [1.29, 1.82) is 0 Å². The maximum absolute atomic E-state index is 5.18. The summed E-state index contributed by atoms with van der Waals surface area (Å²) in [5, 5.41) is 3.38. The van der Waals surface area contributed by atoms with E-state index in [2.05, 4.69) is 78.2 Å². The van der Waals surface area contributed by atoms with E-state index >= 15 is 0 Å². The van der Waals surface area contributed by atoms with Crippen molar-refractivity contribution in [2.75, 3.05) is 44.8 Å². The van der Waals surface area contributed by atoms with E-state index < -0.39 is 0 Å². The normalized spacial score (nSPS) is 16.5. The average molecular weight is 457 g/mol. The number of rotatable bonds is 5. The molecule has 31 heavy (non-hydrogen) atoms. The Kier molecular flexibility index (Phi) is 12.6. The van der Waals surface area contributed by atoms with Crippen LogP contribution in [0.15, 0.2) is 53.4 Å². The second-order valence-electron chi connectivity index (χ2n) is 7.70. The van der Waals surface area contributed by atoms with Gasteiger partial charge in [-0.3, -0.25) is 0 Å². The molecular formula is C26H36N2OS2. The van der Waals surface area contributed by atoms with Crippen molar-refractivity contribution in [2.45, 2.75) is 30.7 Å². The number of methoxy groups -OCH3 is 1. The number of ether oxygens (including phenoxy) is 1. The summed E-state index contributed by atoms with van der Waals surface area (Å²) in [6.45, 7) is 5.72. The molecule has 2 heterocycles. The van der Waals surface area contributed by atoms with Crippen LogP contribution in [0.5, 0.6) is 5.75 Å². The van der Waals surface area contributed by atoms with Gasteiger partial charge in [-0.1, -0.05) is 30.3 Å². The maximum atomic E-state index is 5.18. The number of thioether (sulfide) groups is 1. The molecule has 1 saturated heterocycles. The summed E-state index contributed by atoms with van der Waals surface area (Å²) in [4.78, 5) is 3.92. The van der Waals surface area contributed by atoms with Crippen molar-refractivity contribution >= 4 is 24.4 Å². The Bertz CT molecular complexity index is 759. The van der Waals surface area contributed by atoms with Gasteiger partial charge in [0.1, 0.15) is 5.75 Å². The van der Waals surface area contributed by atoms with Crippen LogP contribution in [0, 0.1) is 18.8 Å². The Hall–Kier alpha value is -1.58. The molecule has 2 aliphatic heterocycles. The van der Waals surface area contributed by atoms with Crippen LogP contribution in [0.3, 0.4) is 0 Å². The lowest BCUT2D eigenvalue weighted by Gasteiger charge is -2.31. The van der Waals surface area contributed by atoms with E-state index in [9.17, 15) is 0 Å². The summed E-state index contributed by atoms with van der Waals surface area (Å²) in [7, 11) is 1.71. The van der Waals surface area contributed by atoms with Gasteiger partial charge >= 0.3 is 0 Å². The van der Waals surface area contributed by atoms with Crippen LogP contribution in [0.1, 0.15) is 24.0 Å². The lowest BCUT2D eigenvalue weighted by atomic mass is 9.90. The maximum Gasteiger partial charge on any atom is 0.119 e. The van der Waals surface area contributed by atoms with E-state index in [1.165, 1.54) is 48.4 Å². The van der Waals surface area contributed by atoms with Gasteiger partial charge in [0.25, 0.3) is 0 Å². The van der Waals surface area contributed by atoms with Gasteiger partial charge < -0.3 is 15.0 Å². The molecule has 3 nitrogen and oxygen atoms in total. The highest BCUT2D eigenvalue weighted by Crippen LogP contribution is 2.27. The first-order chi connectivity index (χ1) is 15.3. The third kappa shape index (κ3) is 9.21. The minimum absolute atomic E-state index is 0.888. The van der Waals surface area contributed by atoms with E-state index in [-0.39, 0.29) is 0 Å². The molecule has 0 spiro atoms. The highest BCUT2D eigenvalue weighted by molar-refractivity contribution is 7.99. The molecule has 1 fully saturated rings. The van der Waals surface area contributed by atoms with Crippen LogP contribution < -0.4 is 10.1 Å². The summed E-state index contributed by atoms with van der Waals surface area (Å²) < 4.78 is 5.18. The van der Waals surface area contributed by atoms with Gasteiger partial charge in [-0.25, -0.2) is 0 Å². The van der Waals surface area contributed by atoms with Gasteiger partial charge in [0.2, 0.25) is 0 Å². The van der Waals surface area contributed by atoms with Gasteiger partial charge in [-0.15, -0.1) is 24.6 Å². The summed E-state index contributed by atoms with van der Waals surface area (Å²) in [6.07, 6.45) is 12.0. The van der Waals surface area contributed by atoms with Crippen LogP contribution in [0.2, 0.25) is 0 Å². The highest BCUT2D eigenvalue weighted by Gasteiger charge is 2.18. The molecule has 0 amide bonds. The van der Waals surface area contributed by atoms with Crippen molar-refractivity contribution in [3.05, 3.63) is 59.7 Å². The largest absolute Gasteiger partial charge is 0.497 e. The lowest BCUT2D eigenvalue weighted by Crippen LogP contribution is -2.35. The molecule has 0 atom stereocenters. The standard InChI is InChI=1S/C14H21NS.C10H13NOS.C2H2/c16-11-10-15-8-6-14(7-9-15)12-13-4-2-1-3-5-13;1-12-9-2-3-10-8(6-9)7-11-4-5-13-10;1-2/h1-5,14,16H,6-12H2;2-3,6,11H,4-5,7H2,1H3;1-2H. The fraction of sp³-hybridized carbons (Fsp3) is 0.462. The summed E-state index contributed by atoms with van der Waals surface area (Å²) in [6, 6.07) is 17.2. The van der Waals surface area contributed by atoms with Crippen molar-refractivity contribution in [1.82, 2.24) is 10.2 Å². The lowest BCUT2D eigenvalue weighted by molar-refractivity contribution is 0.193. The fourth-order valence-corrected chi connectivity index (χ4v) is 5.15. The molecule has 2 aliphatic rings. The van der Waals surface area contributed by atoms with Crippen LogP contribution in [0.4, 0.5) is 0 Å². The zero-order valence-electron chi connectivity index (χ0n) is 18.6. The molecular weight excluding hydrogens is 420 g/mol. The van der Waals surface area contributed by atoms with Crippen molar-refractivity contribution in [3.8, 4) is 18.6 Å². The Balaban J connectivity index is 0.000000208. The predicted molar refractivity (Wildman–Crippen MR) is 138 cm³/mol. The van der Waals surface area contributed by atoms with Gasteiger partial charge in [0.05, 0.1) is 7.11 Å². The number of hydrogen-bond donors (Lipinski definition) is 2. The van der Waals surface area contributed by atoms with Crippen LogP contribution in [-0.4, -0.2) is 49.7 Å². The molecule has 0 radical (unpaired) electrons. The number of thiol groups is 1. The summed E-state index contributed by atoms with van der Waals surface area (Å²) >= 11 is 6.20. The van der Waals surface area contributed by atoms with Gasteiger partial charge in [0, 0.05) is 36.0 Å². The third-order valence-electron chi connectivity index (χ3n) is 5.61. The van der Waals surface area contributed by atoms with E-state index in [0.29, 0.717) is 0 Å². The first-order valence-corrected chi connectivity index (χ1v) is 12.6. The predicted octanol–water partition coefficient (Wildman–Crippen LogP) is 5.01. The Labute approximate surface area is 198 Å². The van der Waals surface area contributed by atoms with E-state index in [1.807, 2.05) is 17.8 Å². The molecule has 0 aromatic heterocycles. The van der Waals surface area contributed by atoms with E-state index in [1.54, 1.807) is 7.11 Å². The number of hydrogen-bond acceptors (Lipinski definition) is 5. The Morgan fingerprint density at radius 3 is 2.55 bits per heavy atom. The number of benzene rings is 2. The highest BCUT2D eigenvalue weighted by atomic mass is 32.2. The zero-order valence-corrected chi connectivity index (χ0v) is 20.3. The third-order valence-corrected chi connectivity index (χ3v) is 6.93. The molecule has 0 bridgehead atoms. The van der Waals surface area contributed by atoms with Crippen molar-refractivity contribution in [3.63, 3.8) is 0 Å². The molecule has 4 rings (SSSR count). The molecule has 5 heteroatoms. The molecule has 2 aromatic rings. The molecule has 0 unspecified atom stereocenters. The van der Waals surface area contributed by atoms with Crippen molar-refractivity contribution in [2.24, 2.45) is 5.92 Å². The second-order valence-corrected chi connectivity index (χ2v) is 9.28. The molecule has 0 saturated carbocycles. The topological polar surface area (TPSA) is 24.5 Å². The monoisotopic (exact) mass is 456 g/mol. The SMILES string of the molecule is C#C.COc1ccc2c(c1)CNCCS2.SCCN1CCC(Cc2ccccc2)CC1. The Morgan fingerprint density at radius 1 is 1.13 bits per heavy atom. The number of fused-ring (bicyclic) bond motifs is 1. The fourth-order valence-electron chi connectivity index (χ4n) is 3.92. The molecule has 0 aliphatic carbocycles. The number of nitrogens with one attached hydrogen (secondary N) is 1. The minimum atomic E-state index is 0.888.